The Morgan fingerprint density at radius 2 is 1.86 bits per heavy atom. The maximum atomic E-state index is 13.7. The maximum absolute atomic E-state index is 13.7. The van der Waals surface area contributed by atoms with Gasteiger partial charge in [-0.25, -0.2) is 4.39 Å². The van der Waals surface area contributed by atoms with Gasteiger partial charge in [0.1, 0.15) is 11.3 Å². The van der Waals surface area contributed by atoms with Gasteiger partial charge in [-0.1, -0.05) is 35.9 Å². The maximum Gasteiger partial charge on any atom is 0.149 e. The molecule has 0 spiro atoms. The van der Waals surface area contributed by atoms with Crippen molar-refractivity contribution in [2.75, 3.05) is 11.9 Å². The van der Waals surface area contributed by atoms with E-state index in [2.05, 4.69) is 10.3 Å². The van der Waals surface area contributed by atoms with E-state index in [1.807, 2.05) is 36.4 Å². The number of hydrogen-bond acceptors (Lipinski definition) is 2. The number of nitrogens with one attached hydrogen (secondary N) is 1. The van der Waals surface area contributed by atoms with Crippen LogP contribution in [0.4, 0.5) is 10.1 Å². The number of anilines is 1. The summed E-state index contributed by atoms with van der Waals surface area (Å²) in [6, 6.07) is 14.8. The van der Waals surface area contributed by atoms with Crippen LogP contribution in [-0.4, -0.2) is 11.5 Å². The summed E-state index contributed by atoms with van der Waals surface area (Å²) in [6.45, 7) is 0.818. The molecule has 0 unspecified atom stereocenters. The monoisotopic (exact) mass is 314 g/mol. The number of halogens is 2. The molecule has 1 aromatic heterocycles. The van der Waals surface area contributed by atoms with E-state index in [-0.39, 0.29) is 5.82 Å². The molecular weight excluding hydrogens is 299 g/mol. The summed E-state index contributed by atoms with van der Waals surface area (Å²) < 4.78 is 13.7. The Morgan fingerprint density at radius 1 is 1.05 bits per heavy atom. The first-order valence-electron chi connectivity index (χ1n) is 7.25. The van der Waals surface area contributed by atoms with Crippen LogP contribution in [0.1, 0.15) is 12.0 Å². The van der Waals surface area contributed by atoms with Crippen LogP contribution in [-0.2, 0) is 6.42 Å². The molecule has 4 heteroatoms. The van der Waals surface area contributed by atoms with Crippen molar-refractivity contribution in [3.63, 3.8) is 0 Å². The Kier molecular flexibility index (Phi) is 4.54. The lowest BCUT2D eigenvalue weighted by molar-refractivity contribution is 0.637. The van der Waals surface area contributed by atoms with Crippen LogP contribution in [0.15, 0.2) is 54.7 Å². The molecule has 0 atom stereocenters. The highest BCUT2D eigenvalue weighted by molar-refractivity contribution is 6.30. The van der Waals surface area contributed by atoms with E-state index in [9.17, 15) is 4.39 Å². The number of aromatic nitrogens is 1. The molecule has 0 aliphatic rings. The van der Waals surface area contributed by atoms with Gasteiger partial charge in [0.05, 0.1) is 0 Å². The molecule has 0 radical (unpaired) electrons. The smallest absolute Gasteiger partial charge is 0.149 e. The normalized spacial score (nSPS) is 10.8. The first-order valence-corrected chi connectivity index (χ1v) is 7.63. The Morgan fingerprint density at radius 3 is 2.68 bits per heavy atom. The minimum absolute atomic E-state index is 0.290. The number of benzene rings is 2. The van der Waals surface area contributed by atoms with Crippen LogP contribution in [0.2, 0.25) is 5.02 Å². The van der Waals surface area contributed by atoms with Crippen LogP contribution >= 0.6 is 11.6 Å². The predicted octanol–water partition coefficient (Wildman–Crippen LogP) is 5.07. The summed E-state index contributed by atoms with van der Waals surface area (Å²) in [5.74, 6) is -0.290. The summed E-state index contributed by atoms with van der Waals surface area (Å²) in [5.41, 5.74) is 2.59. The Bertz CT molecular complexity index is 772. The van der Waals surface area contributed by atoms with Gasteiger partial charge in [-0.05, 0) is 42.7 Å². The van der Waals surface area contributed by atoms with Gasteiger partial charge in [-0.15, -0.1) is 0 Å². The van der Waals surface area contributed by atoms with Crippen LogP contribution in [0, 0.1) is 5.82 Å². The minimum atomic E-state index is -0.290. The lowest BCUT2D eigenvalue weighted by Crippen LogP contribution is -2.04. The fraction of sp³-hybridized carbons (Fsp3) is 0.167. The van der Waals surface area contributed by atoms with E-state index < -0.39 is 0 Å². The first-order chi connectivity index (χ1) is 10.7. The SMILES string of the molecule is Fc1cccc2c(NCCCc3ccc(Cl)cc3)ccnc12. The molecule has 3 rings (SSSR count). The summed E-state index contributed by atoms with van der Waals surface area (Å²) >= 11 is 5.87. The lowest BCUT2D eigenvalue weighted by Gasteiger charge is -2.09. The van der Waals surface area contributed by atoms with Gasteiger partial charge in [0, 0.05) is 28.8 Å². The second-order valence-electron chi connectivity index (χ2n) is 5.15. The lowest BCUT2D eigenvalue weighted by atomic mass is 10.1. The van der Waals surface area contributed by atoms with E-state index in [0.29, 0.717) is 5.52 Å². The third kappa shape index (κ3) is 3.37. The topological polar surface area (TPSA) is 24.9 Å². The fourth-order valence-electron chi connectivity index (χ4n) is 2.46. The molecule has 0 aliphatic carbocycles. The predicted molar refractivity (Wildman–Crippen MR) is 90.0 cm³/mol. The standard InChI is InChI=1S/C18H16ClFN2/c19-14-8-6-13(7-9-14)3-2-11-21-17-10-12-22-18-15(17)4-1-5-16(18)20/h1,4-10,12H,2-3,11H2,(H,21,22). The second kappa shape index (κ2) is 6.75. The van der Waals surface area contributed by atoms with Gasteiger partial charge < -0.3 is 5.32 Å². The van der Waals surface area contributed by atoms with Crippen molar-refractivity contribution in [3.8, 4) is 0 Å². The molecule has 0 fully saturated rings. The molecule has 0 aliphatic heterocycles. The van der Waals surface area contributed by atoms with E-state index in [0.717, 1.165) is 35.5 Å². The zero-order valence-electron chi connectivity index (χ0n) is 12.0. The molecular formula is C18H16ClFN2. The van der Waals surface area contributed by atoms with Crippen LogP contribution in [0.5, 0.6) is 0 Å². The Balaban J connectivity index is 1.62. The first kappa shape index (κ1) is 14.8. The molecule has 2 nitrogen and oxygen atoms in total. The molecule has 3 aromatic rings. The number of pyridine rings is 1. The Labute approximate surface area is 134 Å². The van der Waals surface area contributed by atoms with Crippen LogP contribution in [0.3, 0.4) is 0 Å². The third-order valence-corrected chi connectivity index (χ3v) is 3.84. The van der Waals surface area contributed by atoms with Crippen LogP contribution < -0.4 is 5.32 Å². The average molecular weight is 315 g/mol. The van der Waals surface area contributed by atoms with Gasteiger partial charge in [0.2, 0.25) is 0 Å². The molecule has 0 saturated heterocycles. The van der Waals surface area contributed by atoms with E-state index >= 15 is 0 Å². The molecule has 0 amide bonds. The zero-order chi connectivity index (χ0) is 15.4. The molecule has 1 heterocycles. The Hall–Kier alpha value is -2.13. The minimum Gasteiger partial charge on any atom is -0.384 e. The van der Waals surface area contributed by atoms with Crippen molar-refractivity contribution in [1.82, 2.24) is 4.98 Å². The van der Waals surface area contributed by atoms with Gasteiger partial charge >= 0.3 is 0 Å². The number of nitrogens with zero attached hydrogens (tertiary/aromatic N) is 1. The van der Waals surface area contributed by atoms with E-state index in [1.165, 1.54) is 11.6 Å². The van der Waals surface area contributed by atoms with E-state index in [1.54, 1.807) is 12.3 Å². The van der Waals surface area contributed by atoms with Crippen LogP contribution in [0.25, 0.3) is 10.9 Å². The number of aryl methyl sites for hydroxylation is 1. The van der Waals surface area contributed by atoms with Crippen molar-refractivity contribution in [2.24, 2.45) is 0 Å². The molecule has 112 valence electrons. The number of fused-ring (bicyclic) bond motifs is 1. The zero-order valence-corrected chi connectivity index (χ0v) is 12.8. The number of hydrogen-bond donors (Lipinski definition) is 1. The van der Waals surface area contributed by atoms with Gasteiger partial charge in [-0.2, -0.15) is 0 Å². The molecule has 0 bridgehead atoms. The summed E-state index contributed by atoms with van der Waals surface area (Å²) in [5, 5.41) is 4.93. The van der Waals surface area contributed by atoms with E-state index in [4.69, 9.17) is 11.6 Å². The van der Waals surface area contributed by atoms with Crippen molar-refractivity contribution in [1.29, 1.82) is 0 Å². The second-order valence-corrected chi connectivity index (χ2v) is 5.59. The van der Waals surface area contributed by atoms with Crippen molar-refractivity contribution >= 4 is 28.2 Å². The fourth-order valence-corrected chi connectivity index (χ4v) is 2.59. The molecule has 2 aromatic carbocycles. The van der Waals surface area contributed by atoms with Gasteiger partial charge in [0.15, 0.2) is 0 Å². The van der Waals surface area contributed by atoms with Crippen molar-refractivity contribution < 1.29 is 4.39 Å². The molecule has 22 heavy (non-hydrogen) atoms. The number of rotatable bonds is 5. The summed E-state index contributed by atoms with van der Waals surface area (Å²) in [7, 11) is 0. The molecule has 1 N–H and O–H groups in total. The highest BCUT2D eigenvalue weighted by atomic mass is 35.5. The van der Waals surface area contributed by atoms with Crippen molar-refractivity contribution in [3.05, 3.63) is 71.1 Å². The largest absolute Gasteiger partial charge is 0.384 e. The highest BCUT2D eigenvalue weighted by Crippen LogP contribution is 2.23. The molecule has 0 saturated carbocycles. The van der Waals surface area contributed by atoms with Crippen molar-refractivity contribution in [2.45, 2.75) is 12.8 Å². The third-order valence-electron chi connectivity index (χ3n) is 3.59. The van der Waals surface area contributed by atoms with Gasteiger partial charge in [-0.3, -0.25) is 4.98 Å². The summed E-state index contributed by atoms with van der Waals surface area (Å²) in [4.78, 5) is 4.10. The summed E-state index contributed by atoms with van der Waals surface area (Å²) in [6.07, 6.45) is 3.59. The quantitative estimate of drug-likeness (QED) is 0.665. The number of para-hydroxylation sites is 1. The average Bonchev–Trinajstić information content (AvgIpc) is 2.54. The van der Waals surface area contributed by atoms with Gasteiger partial charge in [0.25, 0.3) is 0 Å². The highest BCUT2D eigenvalue weighted by Gasteiger charge is 2.05.